The number of rotatable bonds is 5. The molecule has 1 amide bonds. The number of morpholine rings is 1. The maximum Gasteiger partial charge on any atom is 0.264 e. The lowest BCUT2D eigenvalue weighted by Gasteiger charge is -2.22. The first kappa shape index (κ1) is 18.2. The van der Waals surface area contributed by atoms with Crippen LogP contribution in [0.15, 0.2) is 28.8 Å². The molecular weight excluding hydrogens is 336 g/mol. The van der Waals surface area contributed by atoms with Gasteiger partial charge in [-0.25, -0.2) is 0 Å². The third-order valence-electron chi connectivity index (χ3n) is 3.29. The van der Waals surface area contributed by atoms with Gasteiger partial charge < -0.3 is 24.6 Å². The molecule has 1 aromatic heterocycles. The average Bonchev–Trinajstić information content (AvgIpc) is 3.00. The molecular formula is C15H19ClN4O4. The van der Waals surface area contributed by atoms with E-state index in [0.29, 0.717) is 42.9 Å². The first-order chi connectivity index (χ1) is 11.2. The Hall–Kier alpha value is -2.16. The summed E-state index contributed by atoms with van der Waals surface area (Å²) in [7, 11) is 0. The molecule has 2 aromatic rings. The van der Waals surface area contributed by atoms with Crippen molar-refractivity contribution < 1.29 is 18.8 Å². The van der Waals surface area contributed by atoms with Crippen LogP contribution in [0.2, 0.25) is 0 Å². The molecule has 3 rings (SSSR count). The number of halogens is 1. The summed E-state index contributed by atoms with van der Waals surface area (Å²) < 4.78 is 15.8. The quantitative estimate of drug-likeness (QED) is 0.835. The highest BCUT2D eigenvalue weighted by Gasteiger charge is 2.21. The van der Waals surface area contributed by atoms with Gasteiger partial charge in [-0.1, -0.05) is 5.16 Å². The van der Waals surface area contributed by atoms with Crippen LogP contribution in [-0.4, -0.2) is 41.8 Å². The molecule has 1 aromatic carbocycles. The van der Waals surface area contributed by atoms with Gasteiger partial charge in [0.05, 0.1) is 13.2 Å². The molecule has 2 heterocycles. The number of carbonyl (C=O) groups is 1. The molecule has 1 saturated heterocycles. The van der Waals surface area contributed by atoms with Crippen LogP contribution in [0.1, 0.15) is 11.7 Å². The topological polar surface area (TPSA) is 98.5 Å². The molecule has 0 aliphatic carbocycles. The van der Waals surface area contributed by atoms with Gasteiger partial charge in [-0.05, 0) is 31.2 Å². The highest BCUT2D eigenvalue weighted by molar-refractivity contribution is 5.95. The van der Waals surface area contributed by atoms with Crippen molar-refractivity contribution in [3.05, 3.63) is 36.0 Å². The van der Waals surface area contributed by atoms with Crippen LogP contribution in [0.4, 0.5) is 5.69 Å². The normalized spacial score (nSPS) is 17.0. The number of carbonyl (C=O) groups excluding carboxylic acids is 1. The molecule has 1 fully saturated rings. The van der Waals surface area contributed by atoms with Crippen LogP contribution in [0, 0.1) is 6.92 Å². The largest absolute Gasteiger partial charge is 0.484 e. The Bertz CT molecular complexity index is 656. The van der Waals surface area contributed by atoms with Gasteiger partial charge in [0.15, 0.2) is 12.4 Å². The van der Waals surface area contributed by atoms with E-state index in [1.54, 1.807) is 31.2 Å². The van der Waals surface area contributed by atoms with Gasteiger partial charge in [-0.3, -0.25) is 4.79 Å². The van der Waals surface area contributed by atoms with Crippen LogP contribution in [0.25, 0.3) is 0 Å². The van der Waals surface area contributed by atoms with Crippen LogP contribution < -0.4 is 15.4 Å². The molecule has 1 aliphatic heterocycles. The standard InChI is InChI=1S/C15H18N4O4.ClH/c1-10-17-14(23-19-10)9-22-12-4-2-11(3-5-12)18-15(20)13-8-21-7-6-16-13;/h2-5,13,16H,6-9H2,1H3,(H,18,20);1H. The number of anilines is 1. The number of ether oxygens (including phenoxy) is 2. The van der Waals surface area contributed by atoms with E-state index in [4.69, 9.17) is 14.0 Å². The number of nitrogens with one attached hydrogen (secondary N) is 2. The lowest BCUT2D eigenvalue weighted by Crippen LogP contribution is -2.48. The number of amides is 1. The summed E-state index contributed by atoms with van der Waals surface area (Å²) in [6.45, 7) is 3.65. The van der Waals surface area contributed by atoms with Gasteiger partial charge in [-0.2, -0.15) is 4.98 Å². The van der Waals surface area contributed by atoms with Crippen molar-refractivity contribution in [1.29, 1.82) is 0 Å². The summed E-state index contributed by atoms with van der Waals surface area (Å²) in [6, 6.07) is 6.76. The summed E-state index contributed by atoms with van der Waals surface area (Å²) in [5.74, 6) is 1.53. The van der Waals surface area contributed by atoms with Crippen molar-refractivity contribution in [3.8, 4) is 5.75 Å². The third kappa shape index (κ3) is 4.92. The maximum absolute atomic E-state index is 12.1. The second-order valence-electron chi connectivity index (χ2n) is 5.12. The Morgan fingerprint density at radius 1 is 1.42 bits per heavy atom. The van der Waals surface area contributed by atoms with Gasteiger partial charge >= 0.3 is 0 Å². The molecule has 0 bridgehead atoms. The fourth-order valence-corrected chi connectivity index (χ4v) is 2.14. The Morgan fingerprint density at radius 3 is 2.83 bits per heavy atom. The highest BCUT2D eigenvalue weighted by Crippen LogP contribution is 2.17. The second kappa shape index (κ2) is 8.62. The van der Waals surface area contributed by atoms with E-state index in [1.807, 2.05) is 0 Å². The summed E-state index contributed by atoms with van der Waals surface area (Å²) >= 11 is 0. The SMILES string of the molecule is Cc1noc(COc2ccc(NC(=O)C3COCCN3)cc2)n1.Cl. The fraction of sp³-hybridized carbons (Fsp3) is 0.400. The van der Waals surface area contributed by atoms with Crippen molar-refractivity contribution in [2.45, 2.75) is 19.6 Å². The molecule has 1 atom stereocenters. The zero-order valence-electron chi connectivity index (χ0n) is 13.2. The summed E-state index contributed by atoms with van der Waals surface area (Å²) in [5.41, 5.74) is 0.698. The Labute approximate surface area is 145 Å². The Balaban J connectivity index is 0.00000208. The van der Waals surface area contributed by atoms with Gasteiger partial charge in [0.25, 0.3) is 5.89 Å². The van der Waals surface area contributed by atoms with Gasteiger partial charge in [-0.15, -0.1) is 12.4 Å². The monoisotopic (exact) mass is 354 g/mol. The van der Waals surface area contributed by atoms with E-state index in [-0.39, 0.29) is 31.0 Å². The zero-order valence-corrected chi connectivity index (χ0v) is 14.0. The highest BCUT2D eigenvalue weighted by atomic mass is 35.5. The molecule has 1 unspecified atom stereocenters. The van der Waals surface area contributed by atoms with Crippen molar-refractivity contribution in [1.82, 2.24) is 15.5 Å². The average molecular weight is 355 g/mol. The van der Waals surface area contributed by atoms with Crippen LogP contribution in [-0.2, 0) is 16.1 Å². The number of benzene rings is 1. The molecule has 0 spiro atoms. The number of aryl methyl sites for hydroxylation is 1. The van der Waals surface area contributed by atoms with E-state index in [0.717, 1.165) is 0 Å². The van der Waals surface area contributed by atoms with Gasteiger partial charge in [0.1, 0.15) is 11.8 Å². The number of aromatic nitrogens is 2. The zero-order chi connectivity index (χ0) is 16.1. The molecule has 130 valence electrons. The third-order valence-corrected chi connectivity index (χ3v) is 3.29. The summed E-state index contributed by atoms with van der Waals surface area (Å²) in [6.07, 6.45) is 0. The molecule has 2 N–H and O–H groups in total. The first-order valence-corrected chi connectivity index (χ1v) is 7.35. The van der Waals surface area contributed by atoms with Crippen molar-refractivity contribution >= 4 is 24.0 Å². The van der Waals surface area contributed by atoms with Crippen molar-refractivity contribution in [3.63, 3.8) is 0 Å². The predicted molar refractivity (Wildman–Crippen MR) is 88.3 cm³/mol. The van der Waals surface area contributed by atoms with E-state index < -0.39 is 0 Å². The minimum Gasteiger partial charge on any atom is -0.484 e. The lowest BCUT2D eigenvalue weighted by molar-refractivity contribution is -0.120. The number of hydrogen-bond donors (Lipinski definition) is 2. The molecule has 8 nitrogen and oxygen atoms in total. The minimum absolute atomic E-state index is 0. The number of nitrogens with zero attached hydrogens (tertiary/aromatic N) is 2. The summed E-state index contributed by atoms with van der Waals surface area (Å²) in [5, 5.41) is 9.63. The van der Waals surface area contributed by atoms with Gasteiger partial charge in [0, 0.05) is 12.2 Å². The van der Waals surface area contributed by atoms with E-state index >= 15 is 0 Å². The predicted octanol–water partition coefficient (Wildman–Crippen LogP) is 1.31. The van der Waals surface area contributed by atoms with Crippen LogP contribution in [0.5, 0.6) is 5.75 Å². The molecule has 1 aliphatic rings. The Morgan fingerprint density at radius 2 is 2.21 bits per heavy atom. The summed E-state index contributed by atoms with van der Waals surface area (Å²) in [4.78, 5) is 16.1. The van der Waals surface area contributed by atoms with E-state index in [2.05, 4.69) is 20.8 Å². The molecule has 0 radical (unpaired) electrons. The second-order valence-corrected chi connectivity index (χ2v) is 5.12. The van der Waals surface area contributed by atoms with E-state index in [9.17, 15) is 4.79 Å². The lowest BCUT2D eigenvalue weighted by atomic mass is 10.2. The van der Waals surface area contributed by atoms with Gasteiger partial charge in [0.2, 0.25) is 5.91 Å². The molecule has 24 heavy (non-hydrogen) atoms. The first-order valence-electron chi connectivity index (χ1n) is 7.35. The molecule has 9 heteroatoms. The Kier molecular flexibility index (Phi) is 6.53. The minimum atomic E-state index is -0.319. The fourth-order valence-electron chi connectivity index (χ4n) is 2.14. The van der Waals surface area contributed by atoms with Crippen molar-refractivity contribution in [2.24, 2.45) is 0 Å². The van der Waals surface area contributed by atoms with Crippen LogP contribution in [0.3, 0.4) is 0 Å². The number of hydrogen-bond acceptors (Lipinski definition) is 7. The van der Waals surface area contributed by atoms with Crippen LogP contribution >= 0.6 is 12.4 Å². The van der Waals surface area contributed by atoms with E-state index in [1.165, 1.54) is 0 Å². The smallest absolute Gasteiger partial charge is 0.264 e. The van der Waals surface area contributed by atoms with Crippen molar-refractivity contribution in [2.75, 3.05) is 25.1 Å². The molecule has 0 saturated carbocycles. The maximum atomic E-state index is 12.1.